The third kappa shape index (κ3) is 6.16. The Kier molecular flexibility index (Phi) is 7.35. The average Bonchev–Trinajstić information content (AvgIpc) is 2.45. The first-order valence-corrected chi connectivity index (χ1v) is 9.18. The quantitative estimate of drug-likeness (QED) is 0.712. The maximum atomic E-state index is 12.1. The van der Waals surface area contributed by atoms with Crippen LogP contribution in [0.2, 0.25) is 0 Å². The van der Waals surface area contributed by atoms with Crippen LogP contribution in [0.4, 0.5) is 0 Å². The SMILES string of the molecule is CNC(CS(=O)(=O)CCCOC)c1ccc(C(C)C)cc1. The van der Waals surface area contributed by atoms with E-state index in [-0.39, 0.29) is 17.5 Å². The van der Waals surface area contributed by atoms with Gasteiger partial charge in [0.2, 0.25) is 0 Å². The van der Waals surface area contributed by atoms with Crippen LogP contribution in [-0.4, -0.2) is 40.7 Å². The van der Waals surface area contributed by atoms with Gasteiger partial charge in [-0.3, -0.25) is 0 Å². The summed E-state index contributed by atoms with van der Waals surface area (Å²) in [5.41, 5.74) is 2.27. The van der Waals surface area contributed by atoms with Crippen molar-refractivity contribution >= 4 is 9.84 Å². The number of methoxy groups -OCH3 is 1. The predicted octanol–water partition coefficient (Wildman–Crippen LogP) is 2.52. The van der Waals surface area contributed by atoms with Crippen molar-refractivity contribution in [2.75, 3.05) is 32.3 Å². The summed E-state index contributed by atoms with van der Waals surface area (Å²) < 4.78 is 29.2. The zero-order valence-electron chi connectivity index (χ0n) is 13.4. The summed E-state index contributed by atoms with van der Waals surface area (Å²) in [6.45, 7) is 4.77. The van der Waals surface area contributed by atoms with Crippen molar-refractivity contribution in [3.63, 3.8) is 0 Å². The average molecular weight is 313 g/mol. The van der Waals surface area contributed by atoms with Crippen LogP contribution in [-0.2, 0) is 14.6 Å². The number of benzene rings is 1. The van der Waals surface area contributed by atoms with Crippen molar-refractivity contribution in [3.8, 4) is 0 Å². The summed E-state index contributed by atoms with van der Waals surface area (Å²) >= 11 is 0. The molecular weight excluding hydrogens is 286 g/mol. The Morgan fingerprint density at radius 2 is 1.71 bits per heavy atom. The number of hydrogen-bond donors (Lipinski definition) is 1. The highest BCUT2D eigenvalue weighted by Gasteiger charge is 2.19. The molecule has 0 aliphatic rings. The van der Waals surface area contributed by atoms with E-state index in [1.807, 2.05) is 12.1 Å². The van der Waals surface area contributed by atoms with Crippen LogP contribution in [0.1, 0.15) is 43.4 Å². The maximum absolute atomic E-state index is 12.1. The zero-order valence-corrected chi connectivity index (χ0v) is 14.2. The molecular formula is C16H27NO3S. The number of rotatable bonds is 9. The minimum Gasteiger partial charge on any atom is -0.385 e. The minimum absolute atomic E-state index is 0.119. The molecule has 0 aliphatic carbocycles. The highest BCUT2D eigenvalue weighted by atomic mass is 32.2. The predicted molar refractivity (Wildman–Crippen MR) is 87.5 cm³/mol. The molecule has 1 unspecified atom stereocenters. The van der Waals surface area contributed by atoms with Crippen molar-refractivity contribution in [2.24, 2.45) is 0 Å². The van der Waals surface area contributed by atoms with Gasteiger partial charge in [0.15, 0.2) is 9.84 Å². The highest BCUT2D eigenvalue weighted by molar-refractivity contribution is 7.91. The van der Waals surface area contributed by atoms with E-state index in [0.717, 1.165) is 5.56 Å². The first-order chi connectivity index (χ1) is 9.89. The van der Waals surface area contributed by atoms with Gasteiger partial charge in [-0.2, -0.15) is 0 Å². The third-order valence-corrected chi connectivity index (χ3v) is 5.33. The fourth-order valence-corrected chi connectivity index (χ4v) is 3.81. The summed E-state index contributed by atoms with van der Waals surface area (Å²) in [5.74, 6) is 0.766. The van der Waals surface area contributed by atoms with Crippen molar-refractivity contribution in [1.82, 2.24) is 5.32 Å². The van der Waals surface area contributed by atoms with Crippen LogP contribution >= 0.6 is 0 Å². The van der Waals surface area contributed by atoms with E-state index in [4.69, 9.17) is 4.74 Å². The van der Waals surface area contributed by atoms with E-state index >= 15 is 0 Å². The molecule has 5 heteroatoms. The van der Waals surface area contributed by atoms with Gasteiger partial charge in [0.25, 0.3) is 0 Å². The van der Waals surface area contributed by atoms with Crippen molar-refractivity contribution in [1.29, 1.82) is 0 Å². The lowest BCUT2D eigenvalue weighted by molar-refractivity contribution is 0.199. The smallest absolute Gasteiger partial charge is 0.152 e. The first kappa shape index (κ1) is 18.1. The van der Waals surface area contributed by atoms with Gasteiger partial charge in [-0.05, 0) is 30.5 Å². The van der Waals surface area contributed by atoms with Crippen LogP contribution in [0.5, 0.6) is 0 Å². The maximum Gasteiger partial charge on any atom is 0.152 e. The number of nitrogens with one attached hydrogen (secondary N) is 1. The second kappa shape index (κ2) is 8.51. The lowest BCUT2D eigenvalue weighted by atomic mass is 10.00. The number of ether oxygens (including phenoxy) is 1. The number of hydrogen-bond acceptors (Lipinski definition) is 4. The summed E-state index contributed by atoms with van der Waals surface area (Å²) in [7, 11) is 0.298. The van der Waals surface area contributed by atoms with Crippen LogP contribution in [0.3, 0.4) is 0 Å². The van der Waals surface area contributed by atoms with E-state index in [1.165, 1.54) is 5.56 Å². The van der Waals surface area contributed by atoms with Crippen LogP contribution < -0.4 is 5.32 Å². The normalized spacial score (nSPS) is 13.6. The zero-order chi connectivity index (χ0) is 15.9. The van der Waals surface area contributed by atoms with Gasteiger partial charge in [0, 0.05) is 19.8 Å². The highest BCUT2D eigenvalue weighted by Crippen LogP contribution is 2.20. The van der Waals surface area contributed by atoms with E-state index in [0.29, 0.717) is 18.9 Å². The molecule has 0 saturated heterocycles. The minimum atomic E-state index is -3.08. The summed E-state index contributed by atoms with van der Waals surface area (Å²) in [6.07, 6.45) is 0.543. The first-order valence-electron chi connectivity index (χ1n) is 7.36. The van der Waals surface area contributed by atoms with Crippen LogP contribution in [0.15, 0.2) is 24.3 Å². The topological polar surface area (TPSA) is 55.4 Å². The molecule has 1 aromatic carbocycles. The Labute approximate surface area is 128 Å². The Balaban J connectivity index is 2.74. The van der Waals surface area contributed by atoms with Gasteiger partial charge < -0.3 is 10.1 Å². The summed E-state index contributed by atoms with van der Waals surface area (Å²) in [4.78, 5) is 0. The van der Waals surface area contributed by atoms with Gasteiger partial charge in [-0.25, -0.2) is 8.42 Å². The van der Waals surface area contributed by atoms with Crippen molar-refractivity contribution in [2.45, 2.75) is 32.2 Å². The monoisotopic (exact) mass is 313 g/mol. The summed E-state index contributed by atoms with van der Waals surface area (Å²) in [6, 6.07) is 8.00. The Hall–Kier alpha value is -0.910. The van der Waals surface area contributed by atoms with E-state index in [1.54, 1.807) is 14.2 Å². The molecule has 0 fully saturated rings. The molecule has 0 aromatic heterocycles. The van der Waals surface area contributed by atoms with Gasteiger partial charge >= 0.3 is 0 Å². The molecule has 1 atom stereocenters. The Morgan fingerprint density at radius 1 is 1.14 bits per heavy atom. The molecule has 0 bridgehead atoms. The molecule has 0 radical (unpaired) electrons. The molecule has 0 saturated carbocycles. The van der Waals surface area contributed by atoms with E-state index < -0.39 is 9.84 Å². The van der Waals surface area contributed by atoms with E-state index in [2.05, 4.69) is 31.3 Å². The van der Waals surface area contributed by atoms with Gasteiger partial charge in [-0.15, -0.1) is 0 Å². The molecule has 0 spiro atoms. The lowest BCUT2D eigenvalue weighted by Crippen LogP contribution is -2.27. The van der Waals surface area contributed by atoms with Crippen molar-refractivity contribution < 1.29 is 13.2 Å². The number of sulfone groups is 1. The standard InChI is InChI=1S/C16H27NO3S/c1-13(2)14-6-8-15(9-7-14)16(17-3)12-21(18,19)11-5-10-20-4/h6-9,13,16-17H,5,10-12H2,1-4H3. The molecule has 21 heavy (non-hydrogen) atoms. The third-order valence-electron chi connectivity index (χ3n) is 3.58. The van der Waals surface area contributed by atoms with Crippen LogP contribution in [0, 0.1) is 0 Å². The van der Waals surface area contributed by atoms with Gasteiger partial charge in [-0.1, -0.05) is 38.1 Å². The second-order valence-electron chi connectivity index (χ2n) is 5.62. The Bertz CT molecular complexity index is 509. The molecule has 120 valence electrons. The lowest BCUT2D eigenvalue weighted by Gasteiger charge is -2.18. The molecule has 1 N–H and O–H groups in total. The van der Waals surface area contributed by atoms with Gasteiger partial charge in [0.05, 0.1) is 11.5 Å². The Morgan fingerprint density at radius 3 is 2.19 bits per heavy atom. The summed E-state index contributed by atoms with van der Waals surface area (Å²) in [5, 5.41) is 3.10. The molecule has 0 heterocycles. The fourth-order valence-electron chi connectivity index (χ4n) is 2.22. The van der Waals surface area contributed by atoms with E-state index in [9.17, 15) is 8.42 Å². The molecule has 4 nitrogen and oxygen atoms in total. The largest absolute Gasteiger partial charge is 0.385 e. The van der Waals surface area contributed by atoms with Crippen LogP contribution in [0.25, 0.3) is 0 Å². The molecule has 0 aliphatic heterocycles. The fraction of sp³-hybridized carbons (Fsp3) is 0.625. The molecule has 1 aromatic rings. The molecule has 0 amide bonds. The van der Waals surface area contributed by atoms with Crippen molar-refractivity contribution in [3.05, 3.63) is 35.4 Å². The van der Waals surface area contributed by atoms with Gasteiger partial charge in [0.1, 0.15) is 0 Å². The second-order valence-corrected chi connectivity index (χ2v) is 7.85. The molecule has 1 rings (SSSR count).